The highest BCUT2D eigenvalue weighted by atomic mass is 32.3. The number of carbonyl (C=O) groups excluding carboxylic acids is 1. The van der Waals surface area contributed by atoms with Crippen molar-refractivity contribution in [3.63, 3.8) is 0 Å². The van der Waals surface area contributed by atoms with E-state index < -0.39 is 34.6 Å². The summed E-state index contributed by atoms with van der Waals surface area (Å²) in [6.07, 6.45) is 0.973. The number of nitrogens with zero attached hydrogens (tertiary/aromatic N) is 4. The molecule has 12 heteroatoms. The van der Waals surface area contributed by atoms with E-state index in [-0.39, 0.29) is 18.3 Å². The molecule has 11 nitrogen and oxygen atoms in total. The quantitative estimate of drug-likeness (QED) is 0.711. The molecule has 3 heterocycles. The van der Waals surface area contributed by atoms with Gasteiger partial charge in [-0.2, -0.15) is 13.5 Å². The van der Waals surface area contributed by atoms with Crippen molar-refractivity contribution in [2.24, 2.45) is 5.73 Å². The number of hydrogen-bond donors (Lipinski definition) is 2. The van der Waals surface area contributed by atoms with E-state index in [2.05, 4.69) is 14.5 Å². The molecule has 22 heavy (non-hydrogen) atoms. The van der Waals surface area contributed by atoms with Crippen molar-refractivity contribution in [2.45, 2.75) is 37.9 Å². The second kappa shape index (κ2) is 5.15. The lowest BCUT2D eigenvalue weighted by Gasteiger charge is -2.27. The molecule has 2 saturated heterocycles. The van der Waals surface area contributed by atoms with Crippen LogP contribution < -0.4 is 5.73 Å². The van der Waals surface area contributed by atoms with Crippen LogP contribution in [0.25, 0.3) is 0 Å². The van der Waals surface area contributed by atoms with Crippen LogP contribution in [-0.4, -0.2) is 51.7 Å². The van der Waals surface area contributed by atoms with Crippen molar-refractivity contribution in [1.29, 1.82) is 0 Å². The van der Waals surface area contributed by atoms with Crippen LogP contribution in [0, 0.1) is 0 Å². The van der Waals surface area contributed by atoms with E-state index in [1.54, 1.807) is 6.92 Å². The third-order valence-corrected chi connectivity index (χ3v) is 3.98. The second-order valence-electron chi connectivity index (χ2n) is 5.28. The molecule has 2 aliphatic rings. The van der Waals surface area contributed by atoms with Gasteiger partial charge in [0.1, 0.15) is 6.04 Å². The van der Waals surface area contributed by atoms with Crippen molar-refractivity contribution >= 4 is 16.4 Å². The Hall–Kier alpha value is -1.76. The van der Waals surface area contributed by atoms with Gasteiger partial charge in [-0.05, 0) is 19.8 Å². The van der Waals surface area contributed by atoms with Gasteiger partial charge in [0.25, 0.3) is 0 Å². The fourth-order valence-electron chi connectivity index (χ4n) is 2.65. The zero-order chi connectivity index (χ0) is 16.1. The molecule has 0 aromatic carbocycles. The van der Waals surface area contributed by atoms with E-state index >= 15 is 0 Å². The fourth-order valence-corrected chi connectivity index (χ4v) is 3.04. The highest BCUT2D eigenvalue weighted by Crippen LogP contribution is 2.38. The van der Waals surface area contributed by atoms with E-state index in [1.165, 1.54) is 4.90 Å². The van der Waals surface area contributed by atoms with Gasteiger partial charge < -0.3 is 15.1 Å². The lowest BCUT2D eigenvalue weighted by molar-refractivity contribution is -0.0317. The monoisotopic (exact) mass is 333 g/mol. The number of carbonyl (C=O) groups is 1. The molecule has 2 aliphatic heterocycles. The van der Waals surface area contributed by atoms with Gasteiger partial charge in [-0.3, -0.25) is 4.55 Å². The molecule has 2 amide bonds. The summed E-state index contributed by atoms with van der Waals surface area (Å²) in [4.78, 5) is 13.6. The predicted octanol–water partition coefficient (Wildman–Crippen LogP) is -0.235. The van der Waals surface area contributed by atoms with E-state index in [4.69, 9.17) is 14.7 Å². The van der Waals surface area contributed by atoms with Gasteiger partial charge in [-0.1, -0.05) is 0 Å². The third kappa shape index (κ3) is 2.65. The molecule has 122 valence electrons. The number of amides is 2. The van der Waals surface area contributed by atoms with Crippen LogP contribution >= 0.6 is 0 Å². The van der Waals surface area contributed by atoms with Crippen LogP contribution in [0.15, 0.2) is 4.42 Å². The largest absolute Gasteiger partial charge is 0.421 e. The van der Waals surface area contributed by atoms with Crippen LogP contribution in [0.3, 0.4) is 0 Å². The Morgan fingerprint density at radius 3 is 2.77 bits per heavy atom. The molecule has 0 spiro atoms. The Kier molecular flexibility index (Phi) is 3.55. The van der Waals surface area contributed by atoms with Crippen LogP contribution in [0.5, 0.6) is 0 Å². The second-order valence-corrected chi connectivity index (χ2v) is 6.28. The maximum atomic E-state index is 12.2. The lowest BCUT2D eigenvalue weighted by atomic mass is 10.0. The van der Waals surface area contributed by atoms with Gasteiger partial charge in [0.2, 0.25) is 11.8 Å². The standard InChI is InChI=1S/C10H15N5O6S/c1-5(11)8-12-13-9(20-8)7-3-2-6-4-14(7)10(16)15(6)21-22(17,18)19/h5-7H,2-4,11H2,1H3,(H,17,18,19)/t5-,6+,7-/m0/s1. The number of nitrogens with two attached hydrogens (primary N) is 1. The Bertz CT molecular complexity index is 688. The van der Waals surface area contributed by atoms with Crippen LogP contribution in [0.1, 0.15) is 43.6 Å². The molecule has 0 radical (unpaired) electrons. The minimum Gasteiger partial charge on any atom is -0.421 e. The maximum absolute atomic E-state index is 12.2. The van der Waals surface area contributed by atoms with E-state index in [1.807, 2.05) is 0 Å². The Balaban J connectivity index is 1.82. The number of hydroxylamine groups is 2. The molecule has 2 bridgehead atoms. The third-order valence-electron chi connectivity index (χ3n) is 3.63. The molecule has 3 rings (SSSR count). The summed E-state index contributed by atoms with van der Waals surface area (Å²) in [5.41, 5.74) is 5.65. The maximum Gasteiger partial charge on any atom is 0.418 e. The van der Waals surface area contributed by atoms with Crippen LogP contribution in [0.2, 0.25) is 0 Å². The number of fused-ring (bicyclic) bond motifs is 2. The molecule has 2 fully saturated rings. The SMILES string of the molecule is C[C@H](N)c1nnc([C@@H]2CC[C@@H]3CN2C(=O)N3OS(=O)(=O)O)o1. The molecule has 1 aromatic rings. The molecular formula is C10H15N5O6S. The smallest absolute Gasteiger partial charge is 0.418 e. The first kappa shape index (κ1) is 15.1. The van der Waals surface area contributed by atoms with Crippen molar-refractivity contribution in [3.05, 3.63) is 11.8 Å². The number of urea groups is 1. The molecular weight excluding hydrogens is 318 g/mol. The van der Waals surface area contributed by atoms with Crippen molar-refractivity contribution in [1.82, 2.24) is 20.2 Å². The molecule has 0 unspecified atom stereocenters. The van der Waals surface area contributed by atoms with Crippen LogP contribution in [0.4, 0.5) is 4.79 Å². The van der Waals surface area contributed by atoms with Crippen LogP contribution in [-0.2, 0) is 14.7 Å². The van der Waals surface area contributed by atoms with Crippen molar-refractivity contribution in [2.75, 3.05) is 6.54 Å². The molecule has 0 saturated carbocycles. The summed E-state index contributed by atoms with van der Waals surface area (Å²) in [6, 6.07) is -2.03. The summed E-state index contributed by atoms with van der Waals surface area (Å²) in [6.45, 7) is 1.94. The van der Waals surface area contributed by atoms with Gasteiger partial charge in [-0.15, -0.1) is 14.5 Å². The lowest BCUT2D eigenvalue weighted by Crippen LogP contribution is -2.35. The van der Waals surface area contributed by atoms with Gasteiger partial charge in [0.15, 0.2) is 0 Å². The van der Waals surface area contributed by atoms with Gasteiger partial charge in [0.05, 0.1) is 12.1 Å². The van der Waals surface area contributed by atoms with Gasteiger partial charge in [-0.25, -0.2) is 4.79 Å². The minimum absolute atomic E-state index is 0.243. The number of rotatable bonds is 4. The average Bonchev–Trinajstić information content (AvgIpc) is 2.99. The minimum atomic E-state index is -4.76. The Labute approximate surface area is 125 Å². The molecule has 3 N–H and O–H groups in total. The van der Waals surface area contributed by atoms with Crippen molar-refractivity contribution in [3.8, 4) is 0 Å². The zero-order valence-electron chi connectivity index (χ0n) is 11.6. The summed E-state index contributed by atoms with van der Waals surface area (Å²) in [5, 5.41) is 8.38. The topological polar surface area (TPSA) is 152 Å². The highest BCUT2D eigenvalue weighted by Gasteiger charge is 2.49. The van der Waals surface area contributed by atoms with E-state index in [9.17, 15) is 13.2 Å². The van der Waals surface area contributed by atoms with Gasteiger partial charge in [0, 0.05) is 6.54 Å². The van der Waals surface area contributed by atoms with Gasteiger partial charge >= 0.3 is 16.4 Å². The first-order chi connectivity index (χ1) is 10.3. The summed E-state index contributed by atoms with van der Waals surface area (Å²) >= 11 is 0. The molecule has 3 atom stereocenters. The molecule has 1 aromatic heterocycles. The van der Waals surface area contributed by atoms with Crippen molar-refractivity contribution < 1.29 is 26.5 Å². The normalized spacial score (nSPS) is 26.6. The predicted molar refractivity (Wildman–Crippen MR) is 69.2 cm³/mol. The fraction of sp³-hybridized carbons (Fsp3) is 0.700. The zero-order valence-corrected chi connectivity index (χ0v) is 12.4. The Morgan fingerprint density at radius 2 is 2.18 bits per heavy atom. The number of piperidine rings is 1. The number of aromatic nitrogens is 2. The average molecular weight is 333 g/mol. The summed E-state index contributed by atoms with van der Waals surface area (Å²) < 4.78 is 40.2. The van der Waals surface area contributed by atoms with E-state index in [0.29, 0.717) is 17.9 Å². The molecule has 0 aliphatic carbocycles. The number of hydrogen-bond acceptors (Lipinski definition) is 8. The first-order valence-corrected chi connectivity index (χ1v) is 7.98. The Morgan fingerprint density at radius 1 is 1.45 bits per heavy atom. The van der Waals surface area contributed by atoms with E-state index in [0.717, 1.165) is 0 Å². The summed E-state index contributed by atoms with van der Waals surface area (Å²) in [7, 11) is -4.76. The summed E-state index contributed by atoms with van der Waals surface area (Å²) in [5.74, 6) is 0.502. The first-order valence-electron chi connectivity index (χ1n) is 6.62. The highest BCUT2D eigenvalue weighted by molar-refractivity contribution is 7.80.